The Bertz CT molecular complexity index is 811. The summed E-state index contributed by atoms with van der Waals surface area (Å²) >= 11 is 0. The van der Waals surface area contributed by atoms with Gasteiger partial charge in [-0.1, -0.05) is 30.3 Å². The van der Waals surface area contributed by atoms with Gasteiger partial charge in [-0.3, -0.25) is 0 Å². The minimum Gasteiger partial charge on any atom is -0.478 e. The first-order valence-electron chi connectivity index (χ1n) is 8.86. The van der Waals surface area contributed by atoms with E-state index in [0.717, 1.165) is 17.7 Å². The Kier molecular flexibility index (Phi) is 4.38. The van der Waals surface area contributed by atoms with Crippen LogP contribution < -0.4 is 4.90 Å². The molecule has 2 saturated heterocycles. The summed E-state index contributed by atoms with van der Waals surface area (Å²) in [6.45, 7) is 2.56. The second-order valence-corrected chi connectivity index (χ2v) is 7.16. The first-order chi connectivity index (χ1) is 12.6. The predicted octanol–water partition coefficient (Wildman–Crippen LogP) is 2.28. The molecule has 0 saturated carbocycles. The van der Waals surface area contributed by atoms with Crippen LogP contribution in [-0.4, -0.2) is 54.1 Å². The zero-order valence-electron chi connectivity index (χ0n) is 14.5. The van der Waals surface area contributed by atoms with E-state index in [9.17, 15) is 15.0 Å². The Morgan fingerprint density at radius 1 is 1.27 bits per heavy atom. The maximum Gasteiger partial charge on any atom is 0.339 e. The van der Waals surface area contributed by atoms with Crippen LogP contribution in [0.2, 0.25) is 0 Å². The molecule has 0 spiro atoms. The summed E-state index contributed by atoms with van der Waals surface area (Å²) in [7, 11) is 0. The number of carboxylic acids is 1. The number of hydrogen-bond donors (Lipinski definition) is 2. The molecule has 0 aliphatic carbocycles. The van der Waals surface area contributed by atoms with Gasteiger partial charge in [0.15, 0.2) is 0 Å². The number of rotatable bonds is 4. The van der Waals surface area contributed by atoms with Crippen LogP contribution in [0.3, 0.4) is 0 Å². The van der Waals surface area contributed by atoms with Crippen LogP contribution in [0.25, 0.3) is 11.3 Å². The summed E-state index contributed by atoms with van der Waals surface area (Å²) in [6.07, 6.45) is 0.783. The molecule has 0 amide bonds. The normalized spacial score (nSPS) is 25.1. The third-order valence-electron chi connectivity index (χ3n) is 5.67. The molecule has 2 aromatic rings. The predicted molar refractivity (Wildman–Crippen MR) is 97.3 cm³/mol. The molecule has 2 aliphatic heterocycles. The molecule has 1 aromatic carbocycles. The van der Waals surface area contributed by atoms with Gasteiger partial charge in [0.05, 0.1) is 18.9 Å². The Hall–Kier alpha value is -2.44. The minimum atomic E-state index is -0.990. The lowest BCUT2D eigenvalue weighted by molar-refractivity contribution is -0.0410. The molecule has 0 radical (unpaired) electrons. The number of fused-ring (bicyclic) bond motifs is 1. The highest BCUT2D eigenvalue weighted by Crippen LogP contribution is 2.43. The van der Waals surface area contributed by atoms with E-state index in [-0.39, 0.29) is 23.5 Å². The Balaban J connectivity index is 1.74. The lowest BCUT2D eigenvalue weighted by atomic mass is 9.75. The molecular weight excluding hydrogens is 332 g/mol. The van der Waals surface area contributed by atoms with Crippen LogP contribution in [0.4, 0.5) is 5.82 Å². The minimum absolute atomic E-state index is 0.0817. The van der Waals surface area contributed by atoms with Crippen LogP contribution in [0.5, 0.6) is 0 Å². The highest BCUT2D eigenvalue weighted by atomic mass is 16.5. The second-order valence-electron chi connectivity index (χ2n) is 7.16. The van der Waals surface area contributed by atoms with E-state index in [1.807, 2.05) is 35.2 Å². The molecule has 4 rings (SSSR count). The van der Waals surface area contributed by atoms with Gasteiger partial charge in [0.1, 0.15) is 11.4 Å². The zero-order valence-corrected chi connectivity index (χ0v) is 14.5. The number of ether oxygens (including phenoxy) is 1. The van der Waals surface area contributed by atoms with Gasteiger partial charge in [-0.05, 0) is 18.6 Å². The van der Waals surface area contributed by atoms with Crippen LogP contribution in [0.1, 0.15) is 16.8 Å². The van der Waals surface area contributed by atoms with Gasteiger partial charge in [-0.25, -0.2) is 9.78 Å². The molecule has 2 aliphatic rings. The van der Waals surface area contributed by atoms with Crippen LogP contribution in [0, 0.1) is 11.3 Å². The Morgan fingerprint density at radius 3 is 2.77 bits per heavy atom. The number of nitrogens with zero attached hydrogens (tertiary/aromatic N) is 2. The van der Waals surface area contributed by atoms with E-state index >= 15 is 0 Å². The number of anilines is 1. The van der Waals surface area contributed by atoms with Gasteiger partial charge in [0.25, 0.3) is 0 Å². The van der Waals surface area contributed by atoms with Crippen molar-refractivity contribution in [3.63, 3.8) is 0 Å². The molecule has 3 heterocycles. The maximum atomic E-state index is 11.7. The summed E-state index contributed by atoms with van der Waals surface area (Å²) in [5.74, 6) is -0.331. The SMILES string of the molecule is O=C(O)c1ccc(-c2ccccc2)nc1N1C[C@@H]2COCC[C@]2(CO)C1. The van der Waals surface area contributed by atoms with Gasteiger partial charge < -0.3 is 19.8 Å². The second kappa shape index (κ2) is 6.70. The van der Waals surface area contributed by atoms with E-state index in [0.29, 0.717) is 32.1 Å². The van der Waals surface area contributed by atoms with Gasteiger partial charge in [0, 0.05) is 36.6 Å². The molecule has 2 fully saturated rings. The lowest BCUT2D eigenvalue weighted by Gasteiger charge is -2.36. The molecule has 0 unspecified atom stereocenters. The van der Waals surface area contributed by atoms with Gasteiger partial charge >= 0.3 is 5.97 Å². The zero-order chi connectivity index (χ0) is 18.1. The standard InChI is InChI=1S/C20H22N2O4/c23-13-20-8-9-26-11-15(20)10-22(12-20)18-16(19(24)25)6-7-17(21-18)14-4-2-1-3-5-14/h1-7,15,23H,8-13H2,(H,24,25)/t15-,20-/m1/s1. The quantitative estimate of drug-likeness (QED) is 0.877. The average Bonchev–Trinajstić information content (AvgIpc) is 3.08. The number of aliphatic hydroxyl groups is 1. The molecule has 6 heteroatoms. The topological polar surface area (TPSA) is 82.9 Å². The number of aromatic carboxylic acids is 1. The van der Waals surface area contributed by atoms with Crippen LogP contribution >= 0.6 is 0 Å². The van der Waals surface area contributed by atoms with Gasteiger partial charge in [0.2, 0.25) is 0 Å². The molecular formula is C20H22N2O4. The number of hydrogen-bond acceptors (Lipinski definition) is 5. The number of aliphatic hydroxyl groups excluding tert-OH is 1. The number of carboxylic acid groups (broad SMARTS) is 1. The first-order valence-corrected chi connectivity index (χ1v) is 8.86. The van der Waals surface area contributed by atoms with Crippen molar-refractivity contribution in [2.24, 2.45) is 11.3 Å². The fourth-order valence-corrected chi connectivity index (χ4v) is 4.09. The molecule has 2 atom stereocenters. The third-order valence-corrected chi connectivity index (χ3v) is 5.67. The fourth-order valence-electron chi connectivity index (χ4n) is 4.09. The number of pyridine rings is 1. The molecule has 0 bridgehead atoms. The number of benzene rings is 1. The number of carbonyl (C=O) groups is 1. The van der Waals surface area contributed by atoms with Gasteiger partial charge in [-0.2, -0.15) is 0 Å². The van der Waals surface area contributed by atoms with E-state index in [1.165, 1.54) is 0 Å². The molecule has 2 N–H and O–H groups in total. The van der Waals surface area contributed by atoms with Crippen LogP contribution in [0.15, 0.2) is 42.5 Å². The maximum absolute atomic E-state index is 11.7. The third kappa shape index (κ3) is 2.85. The highest BCUT2D eigenvalue weighted by molar-refractivity contribution is 5.94. The van der Waals surface area contributed by atoms with Crippen LogP contribution in [-0.2, 0) is 4.74 Å². The smallest absolute Gasteiger partial charge is 0.339 e. The first kappa shape index (κ1) is 17.0. The van der Waals surface area contributed by atoms with Crippen molar-refractivity contribution in [1.82, 2.24) is 4.98 Å². The van der Waals surface area contributed by atoms with Crippen molar-refractivity contribution < 1.29 is 19.7 Å². The average molecular weight is 354 g/mol. The summed E-state index contributed by atoms with van der Waals surface area (Å²) in [5, 5.41) is 19.6. The van der Waals surface area contributed by atoms with Crippen molar-refractivity contribution in [2.45, 2.75) is 6.42 Å². The highest BCUT2D eigenvalue weighted by Gasteiger charge is 2.48. The summed E-state index contributed by atoms with van der Waals surface area (Å²) in [5.41, 5.74) is 1.65. The number of aromatic nitrogens is 1. The Morgan fingerprint density at radius 2 is 2.08 bits per heavy atom. The van der Waals surface area contributed by atoms with Crippen molar-refractivity contribution >= 4 is 11.8 Å². The van der Waals surface area contributed by atoms with Crippen molar-refractivity contribution in [1.29, 1.82) is 0 Å². The Labute approximate surface area is 152 Å². The van der Waals surface area contributed by atoms with E-state index in [1.54, 1.807) is 12.1 Å². The van der Waals surface area contributed by atoms with Crippen molar-refractivity contribution in [3.05, 3.63) is 48.0 Å². The fraction of sp³-hybridized carbons (Fsp3) is 0.400. The molecule has 1 aromatic heterocycles. The summed E-state index contributed by atoms with van der Waals surface area (Å²) < 4.78 is 5.59. The van der Waals surface area contributed by atoms with Gasteiger partial charge in [-0.15, -0.1) is 0 Å². The molecule has 26 heavy (non-hydrogen) atoms. The van der Waals surface area contributed by atoms with E-state index < -0.39 is 5.97 Å². The lowest BCUT2D eigenvalue weighted by Crippen LogP contribution is -2.41. The summed E-state index contributed by atoms with van der Waals surface area (Å²) in [4.78, 5) is 18.4. The van der Waals surface area contributed by atoms with Crippen molar-refractivity contribution in [2.75, 3.05) is 37.8 Å². The monoisotopic (exact) mass is 354 g/mol. The summed E-state index contributed by atoms with van der Waals surface area (Å²) in [6, 6.07) is 13.1. The van der Waals surface area contributed by atoms with Crippen molar-refractivity contribution in [3.8, 4) is 11.3 Å². The largest absolute Gasteiger partial charge is 0.478 e. The molecule has 6 nitrogen and oxygen atoms in total. The van der Waals surface area contributed by atoms with E-state index in [2.05, 4.69) is 0 Å². The molecule has 136 valence electrons. The van der Waals surface area contributed by atoms with E-state index in [4.69, 9.17) is 9.72 Å².